The number of hydrogen-bond acceptors (Lipinski definition) is 5. The van der Waals surface area contributed by atoms with Gasteiger partial charge in [0.25, 0.3) is 11.8 Å². The zero-order valence-corrected chi connectivity index (χ0v) is 18.0. The summed E-state index contributed by atoms with van der Waals surface area (Å²) < 4.78 is 12.6. The minimum absolute atomic E-state index is 0.167. The molecule has 2 heterocycles. The maximum Gasteiger partial charge on any atom is 0.340 e. The van der Waals surface area contributed by atoms with Crippen LogP contribution in [0.5, 0.6) is 0 Å². The number of anilines is 1. The highest BCUT2D eigenvalue weighted by atomic mass is 16.5. The van der Waals surface area contributed by atoms with Crippen molar-refractivity contribution in [3.05, 3.63) is 77.0 Å². The van der Waals surface area contributed by atoms with Gasteiger partial charge < -0.3 is 24.4 Å². The van der Waals surface area contributed by atoms with E-state index in [0.29, 0.717) is 23.4 Å². The lowest BCUT2D eigenvalue weighted by Crippen LogP contribution is -2.25. The Balaban J connectivity index is 1.33. The van der Waals surface area contributed by atoms with Crippen LogP contribution in [0.1, 0.15) is 50.7 Å². The molecule has 2 N–H and O–H groups in total. The molecular weight excluding hydrogens is 410 g/mol. The number of benzene rings is 1. The summed E-state index contributed by atoms with van der Waals surface area (Å²) in [4.78, 5) is 37.0. The molecule has 0 atom stereocenters. The van der Waals surface area contributed by atoms with E-state index in [1.54, 1.807) is 36.6 Å². The van der Waals surface area contributed by atoms with Crippen molar-refractivity contribution in [2.24, 2.45) is 0 Å². The van der Waals surface area contributed by atoms with Crippen LogP contribution in [0, 0.1) is 13.8 Å². The molecule has 1 aliphatic rings. The van der Waals surface area contributed by atoms with Crippen molar-refractivity contribution in [1.29, 1.82) is 0 Å². The second kappa shape index (κ2) is 9.13. The first-order valence-corrected chi connectivity index (χ1v) is 10.5. The smallest absolute Gasteiger partial charge is 0.340 e. The molecule has 1 saturated carbocycles. The number of carbonyl (C=O) groups excluding carboxylic acids is 3. The van der Waals surface area contributed by atoms with Gasteiger partial charge >= 0.3 is 5.97 Å². The Morgan fingerprint density at radius 3 is 2.66 bits per heavy atom. The van der Waals surface area contributed by atoms with Crippen LogP contribution in [0.3, 0.4) is 0 Å². The summed E-state index contributed by atoms with van der Waals surface area (Å²) in [6, 6.07) is 12.3. The monoisotopic (exact) mass is 435 g/mol. The fraction of sp³-hybridized carbons (Fsp3) is 0.292. The average molecular weight is 435 g/mol. The molecule has 1 aliphatic carbocycles. The third-order valence-corrected chi connectivity index (χ3v) is 5.34. The number of nitrogens with zero attached hydrogens (tertiary/aromatic N) is 1. The van der Waals surface area contributed by atoms with Crippen LogP contribution >= 0.6 is 0 Å². The average Bonchev–Trinajstić information content (AvgIpc) is 3.35. The van der Waals surface area contributed by atoms with Crippen LogP contribution in [0.2, 0.25) is 0 Å². The minimum atomic E-state index is -0.573. The maximum absolute atomic E-state index is 12.6. The predicted molar refractivity (Wildman–Crippen MR) is 118 cm³/mol. The molecule has 3 aromatic rings. The van der Waals surface area contributed by atoms with Crippen LogP contribution in [-0.4, -0.2) is 35.0 Å². The fourth-order valence-electron chi connectivity index (χ4n) is 3.45. The topological polar surface area (TPSA) is 103 Å². The number of hydrogen-bond donors (Lipinski definition) is 2. The SMILES string of the molecule is Cc1cc(C(=O)OCC(=O)Nc2cccc(C(=O)NC3CC3)c2)c(C)n1Cc1ccco1. The maximum atomic E-state index is 12.6. The van der Waals surface area contributed by atoms with Crippen LogP contribution in [0.25, 0.3) is 0 Å². The number of ether oxygens (including phenoxy) is 1. The highest BCUT2D eigenvalue weighted by Gasteiger charge is 2.24. The lowest BCUT2D eigenvalue weighted by atomic mass is 10.2. The number of aromatic nitrogens is 1. The summed E-state index contributed by atoms with van der Waals surface area (Å²) in [7, 11) is 0. The van der Waals surface area contributed by atoms with Crippen LogP contribution in [-0.2, 0) is 16.1 Å². The van der Waals surface area contributed by atoms with Gasteiger partial charge in [0.1, 0.15) is 5.76 Å². The van der Waals surface area contributed by atoms with Crippen LogP contribution < -0.4 is 10.6 Å². The number of rotatable bonds is 8. The number of esters is 1. The molecule has 1 aromatic carbocycles. The van der Waals surface area contributed by atoms with E-state index in [1.165, 1.54) is 0 Å². The van der Waals surface area contributed by atoms with Gasteiger partial charge in [0.05, 0.1) is 18.4 Å². The summed E-state index contributed by atoms with van der Waals surface area (Å²) in [6.45, 7) is 3.79. The lowest BCUT2D eigenvalue weighted by Gasteiger charge is -2.09. The van der Waals surface area contributed by atoms with Gasteiger partial charge in [-0.2, -0.15) is 0 Å². The number of amides is 2. The Morgan fingerprint density at radius 2 is 1.94 bits per heavy atom. The number of nitrogens with one attached hydrogen (secondary N) is 2. The first kappa shape index (κ1) is 21.4. The molecule has 2 amide bonds. The van der Waals surface area contributed by atoms with E-state index in [4.69, 9.17) is 9.15 Å². The molecule has 0 spiro atoms. The molecule has 32 heavy (non-hydrogen) atoms. The van der Waals surface area contributed by atoms with Gasteiger partial charge in [-0.1, -0.05) is 6.07 Å². The molecule has 0 unspecified atom stereocenters. The van der Waals surface area contributed by atoms with Gasteiger partial charge in [-0.25, -0.2) is 4.79 Å². The molecule has 1 fully saturated rings. The van der Waals surface area contributed by atoms with Gasteiger partial charge in [-0.15, -0.1) is 0 Å². The van der Waals surface area contributed by atoms with E-state index >= 15 is 0 Å². The van der Waals surface area contributed by atoms with E-state index in [2.05, 4.69) is 10.6 Å². The van der Waals surface area contributed by atoms with E-state index in [1.807, 2.05) is 30.5 Å². The van der Waals surface area contributed by atoms with Crippen molar-refractivity contribution >= 4 is 23.5 Å². The molecule has 0 radical (unpaired) electrons. The first-order valence-electron chi connectivity index (χ1n) is 10.5. The number of carbonyl (C=O) groups is 3. The summed E-state index contributed by atoms with van der Waals surface area (Å²) in [5.41, 5.74) is 2.96. The second-order valence-electron chi connectivity index (χ2n) is 7.90. The number of furan rings is 1. The Labute approximate surface area is 185 Å². The van der Waals surface area contributed by atoms with E-state index in [9.17, 15) is 14.4 Å². The van der Waals surface area contributed by atoms with Gasteiger partial charge in [0.2, 0.25) is 0 Å². The van der Waals surface area contributed by atoms with Crippen LogP contribution in [0.4, 0.5) is 5.69 Å². The van der Waals surface area contributed by atoms with E-state index in [-0.39, 0.29) is 11.9 Å². The van der Waals surface area contributed by atoms with Crippen molar-refractivity contribution in [2.75, 3.05) is 11.9 Å². The summed E-state index contributed by atoms with van der Waals surface area (Å²) in [5.74, 6) is -0.446. The zero-order valence-electron chi connectivity index (χ0n) is 18.0. The third-order valence-electron chi connectivity index (χ3n) is 5.34. The highest BCUT2D eigenvalue weighted by molar-refractivity contribution is 5.98. The van der Waals surface area contributed by atoms with Gasteiger partial charge in [-0.3, -0.25) is 9.59 Å². The van der Waals surface area contributed by atoms with Gasteiger partial charge in [0.15, 0.2) is 6.61 Å². The third kappa shape index (κ3) is 5.08. The zero-order chi connectivity index (χ0) is 22.7. The molecule has 4 rings (SSSR count). The largest absolute Gasteiger partial charge is 0.467 e. The lowest BCUT2D eigenvalue weighted by molar-refractivity contribution is -0.119. The second-order valence-corrected chi connectivity index (χ2v) is 7.90. The van der Waals surface area contributed by atoms with Crippen molar-refractivity contribution in [3.8, 4) is 0 Å². The minimum Gasteiger partial charge on any atom is -0.467 e. The normalized spacial score (nSPS) is 12.9. The molecular formula is C24H25N3O5. The number of aryl methyl sites for hydroxylation is 1. The molecule has 0 aliphatic heterocycles. The van der Waals surface area contributed by atoms with Crippen molar-refractivity contribution in [2.45, 2.75) is 39.3 Å². The quantitative estimate of drug-likeness (QED) is 0.528. The van der Waals surface area contributed by atoms with Crippen molar-refractivity contribution in [1.82, 2.24) is 9.88 Å². The standard InChI is InChI=1S/C24H25N3O5/c1-15-11-21(16(2)27(15)13-20-7-4-10-31-20)24(30)32-14-22(28)25-19-6-3-5-17(12-19)23(29)26-18-8-9-18/h3-7,10-12,18H,8-9,13-14H2,1-2H3,(H,25,28)(H,26,29). The molecule has 166 valence electrons. The fourth-order valence-corrected chi connectivity index (χ4v) is 3.45. The summed E-state index contributed by atoms with van der Waals surface area (Å²) in [6.07, 6.45) is 3.60. The molecule has 0 saturated heterocycles. The first-order chi connectivity index (χ1) is 15.4. The Hall–Kier alpha value is -3.81. The Morgan fingerprint density at radius 1 is 1.12 bits per heavy atom. The summed E-state index contributed by atoms with van der Waals surface area (Å²) >= 11 is 0. The van der Waals surface area contributed by atoms with Gasteiger partial charge in [-0.05, 0) is 63.1 Å². The van der Waals surface area contributed by atoms with Crippen LogP contribution in [0.15, 0.2) is 53.1 Å². The predicted octanol–water partition coefficient (Wildman–Crippen LogP) is 3.43. The Kier molecular flexibility index (Phi) is 6.11. The van der Waals surface area contributed by atoms with Crippen molar-refractivity contribution < 1.29 is 23.5 Å². The van der Waals surface area contributed by atoms with E-state index < -0.39 is 18.5 Å². The highest BCUT2D eigenvalue weighted by Crippen LogP contribution is 2.20. The van der Waals surface area contributed by atoms with Crippen molar-refractivity contribution in [3.63, 3.8) is 0 Å². The van der Waals surface area contributed by atoms with E-state index in [0.717, 1.165) is 30.0 Å². The summed E-state index contributed by atoms with van der Waals surface area (Å²) in [5, 5.41) is 5.57. The molecule has 0 bridgehead atoms. The van der Waals surface area contributed by atoms with Gasteiger partial charge in [0, 0.05) is 28.7 Å². The molecule has 8 heteroatoms. The Bertz CT molecular complexity index is 1140. The molecule has 8 nitrogen and oxygen atoms in total. The molecule has 2 aromatic heterocycles.